The van der Waals surface area contributed by atoms with E-state index in [2.05, 4.69) is 22.5 Å². The molecule has 1 heterocycles. The average Bonchev–Trinajstić information content (AvgIpc) is 2.45. The third-order valence-corrected chi connectivity index (χ3v) is 4.15. The Labute approximate surface area is 131 Å². The van der Waals surface area contributed by atoms with Gasteiger partial charge in [-0.25, -0.2) is 4.39 Å². The van der Waals surface area contributed by atoms with Crippen LogP contribution in [0.4, 0.5) is 4.39 Å². The van der Waals surface area contributed by atoms with Crippen LogP contribution < -0.4 is 0 Å². The molecule has 0 aliphatic carbocycles. The van der Waals surface area contributed by atoms with Gasteiger partial charge in [0.05, 0.1) is 11.6 Å². The average molecular weight is 355 g/mol. The Morgan fingerprint density at radius 3 is 2.60 bits per heavy atom. The van der Waals surface area contributed by atoms with Crippen LogP contribution in [0.2, 0.25) is 0 Å². The fourth-order valence-electron chi connectivity index (χ4n) is 1.98. The van der Waals surface area contributed by atoms with E-state index in [4.69, 9.17) is 11.6 Å². The van der Waals surface area contributed by atoms with Gasteiger partial charge in [0.15, 0.2) is 0 Å². The number of allylic oxidation sites excluding steroid dienone is 5. The maximum Gasteiger partial charge on any atom is 0.123 e. The minimum atomic E-state index is -0.248. The van der Waals surface area contributed by atoms with E-state index in [0.29, 0.717) is 5.88 Å². The maximum atomic E-state index is 13.0. The van der Waals surface area contributed by atoms with Crippen LogP contribution in [-0.2, 0) is 0 Å². The van der Waals surface area contributed by atoms with Gasteiger partial charge in [0.25, 0.3) is 0 Å². The van der Waals surface area contributed by atoms with Gasteiger partial charge < -0.3 is 4.90 Å². The molecule has 1 aromatic carbocycles. The summed E-state index contributed by atoms with van der Waals surface area (Å²) in [6.07, 6.45) is 5.76. The molecule has 1 aliphatic heterocycles. The Morgan fingerprint density at radius 2 is 2.00 bits per heavy atom. The molecule has 1 nitrogen and oxygen atoms in total. The van der Waals surface area contributed by atoms with Crippen molar-refractivity contribution in [1.82, 2.24) is 4.90 Å². The van der Waals surface area contributed by atoms with Crippen LogP contribution in [0.25, 0.3) is 5.57 Å². The molecule has 1 aromatic rings. The molecule has 0 spiro atoms. The van der Waals surface area contributed by atoms with E-state index in [1.54, 1.807) is 12.1 Å². The highest BCUT2D eigenvalue weighted by molar-refractivity contribution is 9.12. The predicted molar refractivity (Wildman–Crippen MR) is 86.8 cm³/mol. The van der Waals surface area contributed by atoms with Crippen molar-refractivity contribution in [1.29, 1.82) is 0 Å². The van der Waals surface area contributed by atoms with Gasteiger partial charge in [0, 0.05) is 16.4 Å². The normalized spacial score (nSPS) is 16.1. The summed E-state index contributed by atoms with van der Waals surface area (Å²) in [5, 5.41) is 0. The van der Waals surface area contributed by atoms with E-state index in [9.17, 15) is 4.39 Å². The van der Waals surface area contributed by atoms with Crippen LogP contribution >= 0.6 is 27.5 Å². The fraction of sp³-hybridized carbons (Fsp3) is 0.125. The van der Waals surface area contributed by atoms with Crippen molar-refractivity contribution in [3.05, 3.63) is 76.5 Å². The number of hydrogen-bond donors (Lipinski definition) is 0. The Hall–Kier alpha value is -1.32. The molecule has 0 bridgehead atoms. The van der Waals surface area contributed by atoms with E-state index in [1.807, 2.05) is 30.2 Å². The van der Waals surface area contributed by atoms with Gasteiger partial charge in [0.1, 0.15) is 5.82 Å². The van der Waals surface area contributed by atoms with Crippen molar-refractivity contribution in [3.63, 3.8) is 0 Å². The first kappa shape index (κ1) is 15.1. The second kappa shape index (κ2) is 6.42. The number of rotatable bonds is 3. The molecule has 0 aromatic heterocycles. The summed E-state index contributed by atoms with van der Waals surface area (Å²) in [5.41, 5.74) is 3.68. The summed E-state index contributed by atoms with van der Waals surface area (Å²) < 4.78 is 13.9. The van der Waals surface area contributed by atoms with Crippen LogP contribution in [0.1, 0.15) is 12.5 Å². The molecule has 0 N–H and O–H groups in total. The zero-order valence-electron chi connectivity index (χ0n) is 11.0. The lowest BCUT2D eigenvalue weighted by atomic mass is 10.0. The van der Waals surface area contributed by atoms with E-state index < -0.39 is 0 Å². The van der Waals surface area contributed by atoms with Gasteiger partial charge in [-0.3, -0.25) is 0 Å². The van der Waals surface area contributed by atoms with E-state index in [0.717, 1.165) is 27.0 Å². The van der Waals surface area contributed by atoms with Gasteiger partial charge in [-0.05, 0) is 58.3 Å². The van der Waals surface area contributed by atoms with Crippen molar-refractivity contribution >= 4 is 33.1 Å². The van der Waals surface area contributed by atoms with Crippen LogP contribution in [-0.4, -0.2) is 10.8 Å². The maximum absolute atomic E-state index is 13.0. The Bertz CT molecular complexity index is 614. The van der Waals surface area contributed by atoms with E-state index in [-0.39, 0.29) is 5.82 Å². The molecule has 0 saturated heterocycles. The molecular weight excluding hydrogens is 341 g/mol. The molecule has 1 aliphatic rings. The summed E-state index contributed by atoms with van der Waals surface area (Å²) in [6.45, 7) is 6.01. The molecule has 0 saturated carbocycles. The molecule has 0 amide bonds. The van der Waals surface area contributed by atoms with Gasteiger partial charge in [-0.1, -0.05) is 18.7 Å². The second-order valence-electron chi connectivity index (χ2n) is 4.39. The Balaban J connectivity index is 2.43. The van der Waals surface area contributed by atoms with E-state index >= 15 is 0 Å². The number of benzene rings is 1. The predicted octanol–water partition coefficient (Wildman–Crippen LogP) is 5.42. The van der Waals surface area contributed by atoms with E-state index in [1.165, 1.54) is 12.1 Å². The Morgan fingerprint density at radius 1 is 1.35 bits per heavy atom. The number of hydrogen-bond acceptors (Lipinski definition) is 1. The molecule has 4 heteroatoms. The van der Waals surface area contributed by atoms with Crippen molar-refractivity contribution in [2.75, 3.05) is 5.88 Å². The fourth-order valence-corrected chi connectivity index (χ4v) is 2.65. The summed E-state index contributed by atoms with van der Waals surface area (Å²) in [7, 11) is 0. The van der Waals surface area contributed by atoms with Crippen LogP contribution in [0.5, 0.6) is 0 Å². The van der Waals surface area contributed by atoms with Crippen LogP contribution in [0.15, 0.2) is 65.1 Å². The monoisotopic (exact) mass is 353 g/mol. The first-order valence-corrected chi connectivity index (χ1v) is 7.41. The number of alkyl halides is 1. The summed E-state index contributed by atoms with van der Waals surface area (Å²) in [5.74, 6) is 0.0919. The standard InChI is InChI=1S/C16H14BrClFN/c1-11(13-5-7-14(19)8-6-13)16(10-18)20-9-3-4-15(17)12(20)2/h3-9H,2,10H2,1H3/b16-11+. The highest BCUT2D eigenvalue weighted by Crippen LogP contribution is 2.31. The smallest absolute Gasteiger partial charge is 0.123 e. The first-order chi connectivity index (χ1) is 9.54. The van der Waals surface area contributed by atoms with Crippen LogP contribution in [0, 0.1) is 5.82 Å². The summed E-state index contributed by atoms with van der Waals surface area (Å²) in [4.78, 5) is 1.94. The molecule has 0 radical (unpaired) electrons. The highest BCUT2D eigenvalue weighted by atomic mass is 79.9. The third-order valence-electron chi connectivity index (χ3n) is 3.17. The summed E-state index contributed by atoms with van der Waals surface area (Å²) in [6, 6.07) is 6.39. The van der Waals surface area contributed by atoms with Crippen molar-refractivity contribution < 1.29 is 4.39 Å². The van der Waals surface area contributed by atoms with Gasteiger partial charge in [-0.2, -0.15) is 0 Å². The Kier molecular flexibility index (Phi) is 4.84. The lowest BCUT2D eigenvalue weighted by molar-refractivity contribution is 0.594. The van der Waals surface area contributed by atoms with Crippen molar-refractivity contribution in [3.8, 4) is 0 Å². The second-order valence-corrected chi connectivity index (χ2v) is 5.51. The number of nitrogens with zero attached hydrogens (tertiary/aromatic N) is 1. The van der Waals surface area contributed by atoms with Crippen molar-refractivity contribution in [2.24, 2.45) is 0 Å². The van der Waals surface area contributed by atoms with Gasteiger partial charge in [-0.15, -0.1) is 11.6 Å². The van der Waals surface area contributed by atoms with Gasteiger partial charge in [0.2, 0.25) is 0 Å². The lowest BCUT2D eigenvalue weighted by Gasteiger charge is -2.28. The minimum absolute atomic E-state index is 0.248. The van der Waals surface area contributed by atoms with Gasteiger partial charge >= 0.3 is 0 Å². The molecule has 0 fully saturated rings. The third kappa shape index (κ3) is 3.05. The molecule has 2 rings (SSSR count). The molecule has 104 valence electrons. The van der Waals surface area contributed by atoms with Crippen molar-refractivity contribution in [2.45, 2.75) is 6.92 Å². The molecule has 0 unspecified atom stereocenters. The molecular formula is C16H14BrClFN. The number of halogens is 3. The molecule has 0 atom stereocenters. The largest absolute Gasteiger partial charge is 0.319 e. The lowest BCUT2D eigenvalue weighted by Crippen LogP contribution is -2.19. The summed E-state index contributed by atoms with van der Waals surface area (Å²) >= 11 is 9.57. The SMILES string of the molecule is C=C1C(Br)=CC=CN1/C(CCl)=C(\C)c1ccc(F)cc1. The topological polar surface area (TPSA) is 3.24 Å². The quantitative estimate of drug-likeness (QED) is 0.655. The minimum Gasteiger partial charge on any atom is -0.319 e. The molecule has 20 heavy (non-hydrogen) atoms. The first-order valence-electron chi connectivity index (χ1n) is 6.08. The van der Waals surface area contributed by atoms with Crippen LogP contribution in [0.3, 0.4) is 0 Å². The zero-order chi connectivity index (χ0) is 14.7. The zero-order valence-corrected chi connectivity index (χ0v) is 13.4. The highest BCUT2D eigenvalue weighted by Gasteiger charge is 2.17.